The van der Waals surface area contributed by atoms with Crippen molar-refractivity contribution in [2.24, 2.45) is 0 Å². The predicted molar refractivity (Wildman–Crippen MR) is 121 cm³/mol. The zero-order valence-electron chi connectivity index (χ0n) is 18.2. The first-order valence-electron chi connectivity index (χ1n) is 11.0. The lowest BCUT2D eigenvalue weighted by atomic mass is 9.96. The summed E-state index contributed by atoms with van der Waals surface area (Å²) in [6.45, 7) is 3.13. The summed E-state index contributed by atoms with van der Waals surface area (Å²) >= 11 is 0. The van der Waals surface area contributed by atoms with E-state index in [1.165, 1.54) is 0 Å². The first-order valence-corrected chi connectivity index (χ1v) is 11.0. The van der Waals surface area contributed by atoms with Crippen LogP contribution >= 0.6 is 0 Å². The second kappa shape index (κ2) is 8.85. The van der Waals surface area contributed by atoms with Crippen molar-refractivity contribution in [3.63, 3.8) is 0 Å². The van der Waals surface area contributed by atoms with Gasteiger partial charge in [-0.3, -0.25) is 14.7 Å². The molecule has 9 heteroatoms. The summed E-state index contributed by atoms with van der Waals surface area (Å²) in [6, 6.07) is 14.8. The van der Waals surface area contributed by atoms with Gasteiger partial charge in [0.15, 0.2) is 0 Å². The second-order valence-corrected chi connectivity index (χ2v) is 8.24. The number of carbonyl (C=O) groups is 2. The normalized spacial score (nSPS) is 14.5. The molecule has 0 saturated carbocycles. The van der Waals surface area contributed by atoms with Crippen LogP contribution in [0.25, 0.3) is 22.3 Å². The first-order chi connectivity index (χ1) is 16.1. The highest BCUT2D eigenvalue weighted by Crippen LogP contribution is 2.29. The number of nitrogens with one attached hydrogen (secondary N) is 2. The molecule has 1 aliphatic heterocycles. The molecule has 2 amide bonds. The predicted octanol–water partition coefficient (Wildman–Crippen LogP) is 3.06. The largest absolute Gasteiger partial charge is 0.343 e. The monoisotopic (exact) mass is 444 g/mol. The van der Waals surface area contributed by atoms with Gasteiger partial charge in [-0.05, 0) is 38.0 Å². The van der Waals surface area contributed by atoms with E-state index in [0.29, 0.717) is 30.4 Å². The zero-order valence-corrected chi connectivity index (χ0v) is 18.2. The zero-order chi connectivity index (χ0) is 22.8. The summed E-state index contributed by atoms with van der Waals surface area (Å²) in [5.74, 6) is 0.889. The number of aryl methyl sites for hydroxylation is 1. The van der Waals surface area contributed by atoms with E-state index < -0.39 is 0 Å². The Morgan fingerprint density at radius 3 is 2.73 bits per heavy atom. The van der Waals surface area contributed by atoms with E-state index in [1.54, 1.807) is 29.2 Å². The summed E-state index contributed by atoms with van der Waals surface area (Å²) < 4.78 is 5.55. The number of aromatic amines is 1. The number of nitrogens with zero attached hydrogens (tertiary/aromatic N) is 4. The standard InChI is InChI=1S/C24H24N6O3/c1-15-19-8-7-18(13-20(19)28-27-15)22-26-24(33-29-22)17-9-11-30(12-10-17)21(31)14-25-23(32)16-5-3-2-4-6-16/h2-8,13,17H,9-12,14H2,1H3,(H,25,32)(H,27,28). The Morgan fingerprint density at radius 1 is 1.15 bits per heavy atom. The van der Waals surface area contributed by atoms with Crippen molar-refractivity contribution in [3.05, 3.63) is 65.7 Å². The molecule has 0 aliphatic carbocycles. The average Bonchev–Trinajstić information content (AvgIpc) is 3.50. The molecule has 2 aromatic heterocycles. The number of fused-ring (bicyclic) bond motifs is 1. The number of benzene rings is 2. The van der Waals surface area contributed by atoms with E-state index in [0.717, 1.165) is 35.0 Å². The quantitative estimate of drug-likeness (QED) is 0.489. The van der Waals surface area contributed by atoms with E-state index in [4.69, 9.17) is 4.52 Å². The highest BCUT2D eigenvalue weighted by Gasteiger charge is 2.28. The summed E-state index contributed by atoms with van der Waals surface area (Å²) in [6.07, 6.45) is 1.47. The maximum absolute atomic E-state index is 12.5. The molecule has 0 unspecified atom stereocenters. The number of piperidine rings is 1. The fraction of sp³-hybridized carbons (Fsp3) is 0.292. The van der Waals surface area contributed by atoms with E-state index in [-0.39, 0.29) is 24.3 Å². The van der Waals surface area contributed by atoms with Crippen LogP contribution in [-0.4, -0.2) is 56.7 Å². The molecular formula is C24H24N6O3. The molecule has 5 rings (SSSR count). The molecule has 3 heterocycles. The Morgan fingerprint density at radius 2 is 1.94 bits per heavy atom. The molecule has 1 saturated heterocycles. The molecule has 33 heavy (non-hydrogen) atoms. The lowest BCUT2D eigenvalue weighted by Gasteiger charge is -2.30. The number of hydrogen-bond acceptors (Lipinski definition) is 6. The Hall–Kier alpha value is -4.01. The molecule has 1 fully saturated rings. The van der Waals surface area contributed by atoms with Crippen LogP contribution < -0.4 is 5.32 Å². The van der Waals surface area contributed by atoms with Crippen molar-refractivity contribution in [1.29, 1.82) is 0 Å². The smallest absolute Gasteiger partial charge is 0.251 e. The molecule has 9 nitrogen and oxygen atoms in total. The Kier molecular flexibility index (Phi) is 5.60. The highest BCUT2D eigenvalue weighted by molar-refractivity contribution is 5.96. The maximum Gasteiger partial charge on any atom is 0.251 e. The minimum Gasteiger partial charge on any atom is -0.343 e. The molecule has 2 N–H and O–H groups in total. The number of aromatic nitrogens is 4. The number of H-pyrrole nitrogens is 1. The average molecular weight is 444 g/mol. The van der Waals surface area contributed by atoms with Crippen molar-refractivity contribution >= 4 is 22.7 Å². The topological polar surface area (TPSA) is 117 Å². The van der Waals surface area contributed by atoms with Crippen LogP contribution in [0.3, 0.4) is 0 Å². The van der Waals surface area contributed by atoms with Crippen molar-refractivity contribution in [2.45, 2.75) is 25.7 Å². The molecule has 0 atom stereocenters. The Balaban J connectivity index is 1.16. The van der Waals surface area contributed by atoms with Crippen LogP contribution in [0.2, 0.25) is 0 Å². The van der Waals surface area contributed by atoms with Crippen LogP contribution in [0.4, 0.5) is 0 Å². The van der Waals surface area contributed by atoms with E-state index >= 15 is 0 Å². The summed E-state index contributed by atoms with van der Waals surface area (Å²) in [5, 5.41) is 15.2. The van der Waals surface area contributed by atoms with Crippen molar-refractivity contribution in [2.75, 3.05) is 19.6 Å². The summed E-state index contributed by atoms with van der Waals surface area (Å²) in [7, 11) is 0. The minimum atomic E-state index is -0.250. The fourth-order valence-corrected chi connectivity index (χ4v) is 4.14. The third-order valence-electron chi connectivity index (χ3n) is 6.08. The summed E-state index contributed by atoms with van der Waals surface area (Å²) in [5.41, 5.74) is 3.28. The number of hydrogen-bond donors (Lipinski definition) is 2. The molecule has 1 aliphatic rings. The van der Waals surface area contributed by atoms with Gasteiger partial charge >= 0.3 is 0 Å². The number of rotatable bonds is 5. The van der Waals surface area contributed by atoms with Crippen LogP contribution in [-0.2, 0) is 4.79 Å². The lowest BCUT2D eigenvalue weighted by Crippen LogP contribution is -2.43. The van der Waals surface area contributed by atoms with E-state index in [2.05, 4.69) is 25.7 Å². The Labute approximate surface area is 190 Å². The summed E-state index contributed by atoms with van der Waals surface area (Å²) in [4.78, 5) is 31.0. The van der Waals surface area contributed by atoms with E-state index in [1.807, 2.05) is 31.2 Å². The molecular weight excluding hydrogens is 420 g/mol. The molecule has 168 valence electrons. The molecule has 0 bridgehead atoms. The van der Waals surface area contributed by atoms with Gasteiger partial charge in [0.05, 0.1) is 12.1 Å². The molecule has 0 spiro atoms. The molecule has 4 aromatic rings. The van der Waals surface area contributed by atoms with Gasteiger partial charge in [0.1, 0.15) is 0 Å². The van der Waals surface area contributed by atoms with Crippen molar-refractivity contribution < 1.29 is 14.1 Å². The van der Waals surface area contributed by atoms with Gasteiger partial charge in [0.25, 0.3) is 5.91 Å². The number of likely N-dealkylation sites (tertiary alicyclic amines) is 1. The van der Waals surface area contributed by atoms with Gasteiger partial charge in [0.2, 0.25) is 17.6 Å². The van der Waals surface area contributed by atoms with Crippen LogP contribution in [0, 0.1) is 6.92 Å². The van der Waals surface area contributed by atoms with E-state index in [9.17, 15) is 9.59 Å². The van der Waals surface area contributed by atoms with Gasteiger partial charge in [-0.2, -0.15) is 10.1 Å². The third-order valence-corrected chi connectivity index (χ3v) is 6.08. The number of carbonyl (C=O) groups excluding carboxylic acids is 2. The highest BCUT2D eigenvalue weighted by atomic mass is 16.5. The lowest BCUT2D eigenvalue weighted by molar-refractivity contribution is -0.131. The first kappa shape index (κ1) is 20.9. The number of amides is 2. The second-order valence-electron chi connectivity index (χ2n) is 8.24. The van der Waals surface area contributed by atoms with Gasteiger partial charge in [-0.25, -0.2) is 0 Å². The van der Waals surface area contributed by atoms with Crippen molar-refractivity contribution in [3.8, 4) is 11.4 Å². The van der Waals surface area contributed by atoms with Gasteiger partial charge in [-0.1, -0.05) is 35.5 Å². The van der Waals surface area contributed by atoms with Gasteiger partial charge in [0, 0.05) is 41.2 Å². The SMILES string of the molecule is Cc1[nH]nc2cc(-c3noc(C4CCN(C(=O)CNC(=O)c5ccccc5)CC4)n3)ccc12. The van der Waals surface area contributed by atoms with Crippen LogP contribution in [0.1, 0.15) is 40.7 Å². The Bertz CT molecular complexity index is 1290. The van der Waals surface area contributed by atoms with Crippen LogP contribution in [0.5, 0.6) is 0 Å². The van der Waals surface area contributed by atoms with Crippen LogP contribution in [0.15, 0.2) is 53.1 Å². The fourth-order valence-electron chi connectivity index (χ4n) is 4.14. The minimum absolute atomic E-state index is 0.0156. The third kappa shape index (κ3) is 4.34. The molecule has 2 aromatic carbocycles. The molecule has 0 radical (unpaired) electrons. The van der Waals surface area contributed by atoms with Crippen molar-refractivity contribution in [1.82, 2.24) is 30.6 Å². The van der Waals surface area contributed by atoms with Gasteiger partial charge in [-0.15, -0.1) is 0 Å². The maximum atomic E-state index is 12.5. The van der Waals surface area contributed by atoms with Gasteiger partial charge < -0.3 is 14.7 Å².